The minimum Gasteiger partial charge on any atom is -0.304 e. The van der Waals surface area contributed by atoms with Gasteiger partial charge in [0, 0.05) is 32.7 Å². The Labute approximate surface area is 268 Å². The van der Waals surface area contributed by atoms with Crippen molar-refractivity contribution in [3.05, 3.63) is 0 Å². The first-order chi connectivity index (χ1) is 20.6. The third kappa shape index (κ3) is 19.3. The quantitative estimate of drug-likeness (QED) is 0.276. The van der Waals surface area contributed by atoms with E-state index in [1.165, 1.54) is 136 Å². The Hall–Kier alpha value is -0.160. The molecule has 0 unspecified atom stereocenters. The molecule has 0 aromatic carbocycles. The number of likely N-dealkylation sites (N-methyl/N-ethyl adjacent to an activating group) is 1. The van der Waals surface area contributed by atoms with Crippen LogP contribution in [0.15, 0.2) is 0 Å². The number of hydrogen-bond donors (Lipinski definition) is 0. The van der Waals surface area contributed by atoms with Gasteiger partial charge in [0.25, 0.3) is 0 Å². The van der Waals surface area contributed by atoms with Gasteiger partial charge in [-0.25, -0.2) is 0 Å². The predicted octanol–water partition coefficient (Wildman–Crippen LogP) is 9.79. The lowest BCUT2D eigenvalue weighted by molar-refractivity contribution is 0.0989. The molecule has 4 fully saturated rings. The maximum Gasteiger partial charge on any atom is 0.0110 e. The Bertz CT molecular complexity index is 405. The minimum absolute atomic E-state index is 0.964. The third-order valence-corrected chi connectivity index (χ3v) is 9.95. The summed E-state index contributed by atoms with van der Waals surface area (Å²) in [5, 5.41) is 0. The Morgan fingerprint density at radius 2 is 0.667 bits per heavy atom. The van der Waals surface area contributed by atoms with Crippen LogP contribution in [0, 0.1) is 23.7 Å². The van der Waals surface area contributed by atoms with Crippen molar-refractivity contribution in [2.45, 2.75) is 147 Å². The van der Waals surface area contributed by atoms with Gasteiger partial charge in [0.2, 0.25) is 0 Å². The molecular formula is C38H84N4. The summed E-state index contributed by atoms with van der Waals surface area (Å²) in [5.74, 6) is 4.16. The van der Waals surface area contributed by atoms with Crippen molar-refractivity contribution in [2.24, 2.45) is 23.7 Å². The van der Waals surface area contributed by atoms with Gasteiger partial charge in [-0.15, -0.1) is 0 Å². The van der Waals surface area contributed by atoms with E-state index < -0.39 is 0 Å². The molecule has 0 aromatic heterocycles. The molecule has 1 aliphatic carbocycles. The van der Waals surface area contributed by atoms with Crippen LogP contribution in [-0.4, -0.2) is 98.1 Å². The van der Waals surface area contributed by atoms with Crippen molar-refractivity contribution in [1.29, 1.82) is 0 Å². The Kier molecular flexibility index (Phi) is 32.3. The van der Waals surface area contributed by atoms with Crippen LogP contribution in [0.1, 0.15) is 147 Å². The van der Waals surface area contributed by atoms with Crippen LogP contribution in [0.4, 0.5) is 0 Å². The van der Waals surface area contributed by atoms with Crippen molar-refractivity contribution in [3.63, 3.8) is 0 Å². The summed E-state index contributed by atoms with van der Waals surface area (Å²) in [7, 11) is 0. The highest BCUT2D eigenvalue weighted by Gasteiger charge is 2.25. The maximum atomic E-state index is 2.69. The number of piperidine rings is 2. The van der Waals surface area contributed by atoms with E-state index in [0.29, 0.717) is 0 Å². The highest BCUT2D eigenvalue weighted by molar-refractivity contribution is 4.79. The second kappa shape index (κ2) is 30.8. The predicted molar refractivity (Wildman–Crippen MR) is 194 cm³/mol. The maximum absolute atomic E-state index is 2.69. The monoisotopic (exact) mass is 597 g/mol. The molecule has 0 amide bonds. The van der Waals surface area contributed by atoms with Crippen LogP contribution in [0.2, 0.25) is 0 Å². The Balaban J connectivity index is 0. The van der Waals surface area contributed by atoms with E-state index >= 15 is 0 Å². The molecular weight excluding hydrogens is 512 g/mol. The van der Waals surface area contributed by atoms with Gasteiger partial charge >= 0.3 is 0 Å². The van der Waals surface area contributed by atoms with Crippen LogP contribution in [0.5, 0.6) is 0 Å². The van der Waals surface area contributed by atoms with E-state index in [1.807, 2.05) is 55.4 Å². The van der Waals surface area contributed by atoms with Crippen LogP contribution >= 0.6 is 0 Å². The summed E-state index contributed by atoms with van der Waals surface area (Å²) in [6, 6.07) is 0. The average molecular weight is 597 g/mol. The molecule has 4 aliphatic rings. The van der Waals surface area contributed by atoms with E-state index in [-0.39, 0.29) is 0 Å². The lowest BCUT2D eigenvalue weighted by Gasteiger charge is -2.38. The van der Waals surface area contributed by atoms with E-state index in [9.17, 15) is 0 Å². The van der Waals surface area contributed by atoms with Crippen LogP contribution in [0.3, 0.4) is 0 Å². The average Bonchev–Trinajstić information content (AvgIpc) is 3.10. The number of hydrogen-bond acceptors (Lipinski definition) is 4. The highest BCUT2D eigenvalue weighted by atomic mass is 15.3. The molecule has 0 radical (unpaired) electrons. The smallest absolute Gasteiger partial charge is 0.0110 e. The first-order valence-corrected chi connectivity index (χ1v) is 19.5. The third-order valence-electron chi connectivity index (χ3n) is 9.95. The molecule has 256 valence electrons. The van der Waals surface area contributed by atoms with Crippen molar-refractivity contribution in [2.75, 3.05) is 78.5 Å². The number of nitrogens with zero attached hydrogens (tertiary/aromatic N) is 4. The van der Waals surface area contributed by atoms with Gasteiger partial charge < -0.3 is 19.6 Å². The van der Waals surface area contributed by atoms with Crippen molar-refractivity contribution in [1.82, 2.24) is 19.6 Å². The van der Waals surface area contributed by atoms with Crippen LogP contribution < -0.4 is 0 Å². The number of likely N-dealkylation sites (tertiary alicyclic amines) is 2. The van der Waals surface area contributed by atoms with E-state index in [0.717, 1.165) is 23.7 Å². The first kappa shape index (κ1) is 44.0. The second-order valence-electron chi connectivity index (χ2n) is 12.0. The normalized spacial score (nSPS) is 24.6. The van der Waals surface area contributed by atoms with E-state index in [1.54, 1.807) is 6.42 Å². The van der Waals surface area contributed by atoms with E-state index in [2.05, 4.69) is 47.3 Å². The lowest BCUT2D eigenvalue weighted by atomic mass is 9.76. The minimum atomic E-state index is 0.964. The lowest BCUT2D eigenvalue weighted by Crippen LogP contribution is -2.48. The van der Waals surface area contributed by atoms with Crippen LogP contribution in [-0.2, 0) is 0 Å². The summed E-state index contributed by atoms with van der Waals surface area (Å²) >= 11 is 0. The summed E-state index contributed by atoms with van der Waals surface area (Å²) in [6.07, 6.45) is 14.9. The number of rotatable bonds is 8. The summed E-state index contributed by atoms with van der Waals surface area (Å²) < 4.78 is 0. The fraction of sp³-hybridized carbons (Fsp3) is 1.00. The first-order valence-electron chi connectivity index (χ1n) is 19.5. The zero-order valence-electron chi connectivity index (χ0n) is 31.7. The standard InChI is InChI=1S/C16H31N.C14H29N3.4C2H6/c1-3-14-5-7-15(8-6-14)13-16-9-11-17(4-2)12-10-16;1-3-15-7-5-14(6-8-15)13-17-11-9-16(4-2)10-12-17;4*1-2/h14-16H,3-13H2,1-2H3;14H,3-13H2,1-2H3;4*1-2H3. The highest BCUT2D eigenvalue weighted by Crippen LogP contribution is 2.36. The van der Waals surface area contributed by atoms with Gasteiger partial charge in [-0.05, 0) is 102 Å². The molecule has 42 heavy (non-hydrogen) atoms. The van der Waals surface area contributed by atoms with Gasteiger partial charge in [-0.2, -0.15) is 0 Å². The Morgan fingerprint density at radius 1 is 0.357 bits per heavy atom. The molecule has 4 rings (SSSR count). The molecule has 3 heterocycles. The molecule has 0 N–H and O–H groups in total. The topological polar surface area (TPSA) is 13.0 Å². The Morgan fingerprint density at radius 3 is 1.05 bits per heavy atom. The molecule has 0 aromatic rings. The molecule has 0 spiro atoms. The summed E-state index contributed by atoms with van der Waals surface area (Å²) in [4.78, 5) is 10.5. The van der Waals surface area contributed by atoms with E-state index in [4.69, 9.17) is 0 Å². The summed E-state index contributed by atoms with van der Waals surface area (Å²) in [5.41, 5.74) is 0. The fourth-order valence-corrected chi connectivity index (χ4v) is 7.02. The molecule has 3 saturated heterocycles. The van der Waals surface area contributed by atoms with Crippen LogP contribution in [0.25, 0.3) is 0 Å². The second-order valence-corrected chi connectivity index (χ2v) is 12.0. The molecule has 3 aliphatic heterocycles. The molecule has 0 bridgehead atoms. The van der Waals surface area contributed by atoms with Gasteiger partial charge in [0.1, 0.15) is 0 Å². The SMILES string of the molecule is CC.CC.CC.CC.CCC1CCC(CC2CCN(CC)CC2)CC1.CCN1CCC(CN2CCN(CC)CC2)CC1. The van der Waals surface area contributed by atoms with Gasteiger partial charge in [-0.3, -0.25) is 0 Å². The molecule has 0 atom stereocenters. The molecule has 4 nitrogen and oxygen atoms in total. The van der Waals surface area contributed by atoms with Crippen molar-refractivity contribution >= 4 is 0 Å². The molecule has 4 heteroatoms. The molecule has 1 saturated carbocycles. The van der Waals surface area contributed by atoms with Gasteiger partial charge in [0.15, 0.2) is 0 Å². The zero-order chi connectivity index (χ0) is 32.2. The zero-order valence-corrected chi connectivity index (χ0v) is 31.7. The van der Waals surface area contributed by atoms with Crippen molar-refractivity contribution < 1.29 is 0 Å². The summed E-state index contributed by atoms with van der Waals surface area (Å²) in [6.45, 7) is 40.8. The van der Waals surface area contributed by atoms with Crippen molar-refractivity contribution in [3.8, 4) is 0 Å². The van der Waals surface area contributed by atoms with Gasteiger partial charge in [-0.1, -0.05) is 115 Å². The fourth-order valence-electron chi connectivity index (χ4n) is 7.02. The number of piperazine rings is 1. The largest absolute Gasteiger partial charge is 0.304 e. The van der Waals surface area contributed by atoms with Gasteiger partial charge in [0.05, 0.1) is 0 Å².